The van der Waals surface area contributed by atoms with Crippen molar-refractivity contribution in [3.63, 3.8) is 0 Å². The van der Waals surface area contributed by atoms with Gasteiger partial charge in [-0.05, 0) is 13.3 Å². The van der Waals surface area contributed by atoms with Crippen molar-refractivity contribution in [1.29, 1.82) is 0 Å². The van der Waals surface area contributed by atoms with Gasteiger partial charge in [0, 0.05) is 19.2 Å². The van der Waals surface area contributed by atoms with Gasteiger partial charge in [-0.15, -0.1) is 0 Å². The highest BCUT2D eigenvalue weighted by atomic mass is 16.5. The Bertz CT molecular complexity index is 281. The Balaban J connectivity index is 2.28. The van der Waals surface area contributed by atoms with E-state index >= 15 is 0 Å². The maximum atomic E-state index is 10.8. The second-order valence-electron chi connectivity index (χ2n) is 2.79. The van der Waals surface area contributed by atoms with E-state index in [2.05, 4.69) is 15.9 Å². The molecule has 0 unspecified atom stereocenters. The molecule has 0 atom stereocenters. The number of imidazole rings is 1. The molecule has 0 aliphatic rings. The van der Waals surface area contributed by atoms with Crippen LogP contribution in [0.25, 0.3) is 0 Å². The molecule has 0 spiro atoms. The van der Waals surface area contributed by atoms with Crippen molar-refractivity contribution in [2.45, 2.75) is 26.3 Å². The SMILES string of the molecule is COC(=O)CCCn1c[c]nc1C. The fraction of sp³-hybridized carbons (Fsp3) is 0.556. The van der Waals surface area contributed by atoms with E-state index in [9.17, 15) is 4.79 Å². The molecule has 0 aliphatic carbocycles. The molecule has 1 heterocycles. The largest absolute Gasteiger partial charge is 0.469 e. The average Bonchev–Trinajstić information content (AvgIpc) is 2.52. The van der Waals surface area contributed by atoms with Gasteiger partial charge in [0.2, 0.25) is 0 Å². The third-order valence-corrected chi connectivity index (χ3v) is 1.86. The van der Waals surface area contributed by atoms with Crippen LogP contribution in [0.4, 0.5) is 0 Å². The number of aromatic nitrogens is 2. The van der Waals surface area contributed by atoms with E-state index < -0.39 is 0 Å². The smallest absolute Gasteiger partial charge is 0.305 e. The molecule has 0 bridgehead atoms. The zero-order chi connectivity index (χ0) is 9.68. The predicted molar refractivity (Wildman–Crippen MR) is 47.1 cm³/mol. The van der Waals surface area contributed by atoms with Gasteiger partial charge in [0.25, 0.3) is 0 Å². The molecule has 0 amide bonds. The number of nitrogens with zero attached hydrogens (tertiary/aromatic N) is 2. The van der Waals surface area contributed by atoms with Crippen LogP contribution in [-0.2, 0) is 16.1 Å². The predicted octanol–water partition coefficient (Wildman–Crippen LogP) is 0.945. The van der Waals surface area contributed by atoms with Crippen molar-refractivity contribution in [1.82, 2.24) is 9.55 Å². The summed E-state index contributed by atoms with van der Waals surface area (Å²) in [5.74, 6) is 0.756. The Kier molecular flexibility index (Phi) is 3.49. The molecule has 0 saturated carbocycles. The van der Waals surface area contributed by atoms with E-state index in [1.54, 1.807) is 6.20 Å². The summed E-state index contributed by atoms with van der Waals surface area (Å²) in [5, 5.41) is 0. The lowest BCUT2D eigenvalue weighted by Gasteiger charge is -2.03. The van der Waals surface area contributed by atoms with Crippen LogP contribution in [0.15, 0.2) is 6.20 Å². The lowest BCUT2D eigenvalue weighted by Crippen LogP contribution is -2.04. The maximum Gasteiger partial charge on any atom is 0.305 e. The number of hydrogen-bond donors (Lipinski definition) is 0. The summed E-state index contributed by atoms with van der Waals surface area (Å²) in [5.41, 5.74) is 0. The van der Waals surface area contributed by atoms with Gasteiger partial charge < -0.3 is 9.30 Å². The van der Waals surface area contributed by atoms with Gasteiger partial charge in [0.05, 0.1) is 7.11 Å². The summed E-state index contributed by atoms with van der Waals surface area (Å²) in [6.07, 6.45) is 5.76. The number of aryl methyl sites for hydroxylation is 2. The molecule has 0 saturated heterocycles. The van der Waals surface area contributed by atoms with Crippen molar-refractivity contribution in [3.8, 4) is 0 Å². The van der Waals surface area contributed by atoms with E-state index in [-0.39, 0.29) is 5.97 Å². The van der Waals surface area contributed by atoms with Gasteiger partial charge in [0.1, 0.15) is 12.0 Å². The van der Waals surface area contributed by atoms with Gasteiger partial charge in [-0.25, -0.2) is 4.98 Å². The second kappa shape index (κ2) is 4.64. The van der Waals surface area contributed by atoms with Crippen LogP contribution < -0.4 is 0 Å². The lowest BCUT2D eigenvalue weighted by molar-refractivity contribution is -0.140. The number of esters is 1. The minimum absolute atomic E-state index is 0.165. The summed E-state index contributed by atoms with van der Waals surface area (Å²) in [7, 11) is 1.40. The molecular formula is C9H13N2O2. The highest BCUT2D eigenvalue weighted by Crippen LogP contribution is 1.99. The van der Waals surface area contributed by atoms with Crippen molar-refractivity contribution >= 4 is 5.97 Å². The number of hydrogen-bond acceptors (Lipinski definition) is 3. The Hall–Kier alpha value is -1.32. The van der Waals surface area contributed by atoms with Crippen LogP contribution in [0, 0.1) is 13.1 Å². The van der Waals surface area contributed by atoms with E-state index in [1.165, 1.54) is 7.11 Å². The van der Waals surface area contributed by atoms with Crippen molar-refractivity contribution in [2.75, 3.05) is 7.11 Å². The summed E-state index contributed by atoms with van der Waals surface area (Å²) < 4.78 is 6.49. The molecule has 0 aliphatic heterocycles. The van der Waals surface area contributed by atoms with Crippen LogP contribution in [-0.4, -0.2) is 22.6 Å². The molecule has 71 valence electrons. The van der Waals surface area contributed by atoms with Crippen LogP contribution in [0.3, 0.4) is 0 Å². The Labute approximate surface area is 77.5 Å². The fourth-order valence-electron chi connectivity index (χ4n) is 1.07. The van der Waals surface area contributed by atoms with E-state index in [1.807, 2.05) is 11.5 Å². The number of rotatable bonds is 4. The zero-order valence-corrected chi connectivity index (χ0v) is 7.91. The monoisotopic (exact) mass is 181 g/mol. The Morgan fingerprint density at radius 2 is 2.54 bits per heavy atom. The van der Waals surface area contributed by atoms with Crippen molar-refractivity contribution in [2.24, 2.45) is 0 Å². The van der Waals surface area contributed by atoms with Crippen molar-refractivity contribution in [3.05, 3.63) is 18.2 Å². The Morgan fingerprint density at radius 1 is 1.77 bits per heavy atom. The van der Waals surface area contributed by atoms with E-state index in [4.69, 9.17) is 0 Å². The van der Waals surface area contributed by atoms with Crippen LogP contribution in [0.1, 0.15) is 18.7 Å². The van der Waals surface area contributed by atoms with E-state index in [0.717, 1.165) is 18.8 Å². The molecule has 1 rings (SSSR count). The first-order valence-corrected chi connectivity index (χ1v) is 4.20. The lowest BCUT2D eigenvalue weighted by atomic mass is 10.3. The maximum absolute atomic E-state index is 10.8. The van der Waals surface area contributed by atoms with E-state index in [0.29, 0.717) is 6.42 Å². The molecule has 1 radical (unpaired) electrons. The number of carbonyl (C=O) groups excluding carboxylic acids is 1. The molecule has 4 heteroatoms. The average molecular weight is 181 g/mol. The second-order valence-corrected chi connectivity index (χ2v) is 2.79. The first-order valence-electron chi connectivity index (χ1n) is 4.20. The normalized spacial score (nSPS) is 10.0. The fourth-order valence-corrected chi connectivity index (χ4v) is 1.07. The Morgan fingerprint density at radius 3 is 3.08 bits per heavy atom. The molecule has 0 N–H and O–H groups in total. The van der Waals surface area contributed by atoms with Gasteiger partial charge >= 0.3 is 5.97 Å². The highest BCUT2D eigenvalue weighted by Gasteiger charge is 2.01. The van der Waals surface area contributed by atoms with Crippen LogP contribution in [0.2, 0.25) is 0 Å². The third kappa shape index (κ3) is 2.89. The van der Waals surface area contributed by atoms with Crippen LogP contribution in [0.5, 0.6) is 0 Å². The summed E-state index contributed by atoms with van der Waals surface area (Å²) in [6, 6.07) is 0. The minimum Gasteiger partial charge on any atom is -0.469 e. The minimum atomic E-state index is -0.165. The van der Waals surface area contributed by atoms with Gasteiger partial charge in [-0.2, -0.15) is 0 Å². The van der Waals surface area contributed by atoms with Gasteiger partial charge in [-0.3, -0.25) is 4.79 Å². The molecule has 1 aromatic rings. The van der Waals surface area contributed by atoms with Crippen molar-refractivity contribution < 1.29 is 9.53 Å². The summed E-state index contributed by atoms with van der Waals surface area (Å²) >= 11 is 0. The molecule has 1 aromatic heterocycles. The molecule has 0 fully saturated rings. The molecule has 4 nitrogen and oxygen atoms in total. The number of methoxy groups -OCH3 is 1. The van der Waals surface area contributed by atoms with Gasteiger partial charge in [0.15, 0.2) is 0 Å². The highest BCUT2D eigenvalue weighted by molar-refractivity contribution is 5.68. The quantitative estimate of drug-likeness (QED) is 0.649. The summed E-state index contributed by atoms with van der Waals surface area (Å²) in [6.45, 7) is 2.70. The molecular weight excluding hydrogens is 168 g/mol. The van der Waals surface area contributed by atoms with Crippen LogP contribution >= 0.6 is 0 Å². The number of ether oxygens (including phenoxy) is 1. The third-order valence-electron chi connectivity index (χ3n) is 1.86. The molecule has 13 heavy (non-hydrogen) atoms. The first-order chi connectivity index (χ1) is 6.24. The molecule has 0 aromatic carbocycles. The van der Waals surface area contributed by atoms with Gasteiger partial charge in [-0.1, -0.05) is 0 Å². The first kappa shape index (κ1) is 9.77. The standard InChI is InChI=1S/C9H13N2O2/c1-8-10-5-7-11(8)6-3-4-9(12)13-2/h7H,3-4,6H2,1-2H3. The zero-order valence-electron chi connectivity index (χ0n) is 7.91. The summed E-state index contributed by atoms with van der Waals surface area (Å²) in [4.78, 5) is 14.7. The number of carbonyl (C=O) groups is 1. The topological polar surface area (TPSA) is 44.1 Å².